The number of ether oxygens (including phenoxy) is 1. The van der Waals surface area contributed by atoms with E-state index in [-0.39, 0.29) is 0 Å². The van der Waals surface area contributed by atoms with Gasteiger partial charge in [-0.2, -0.15) is 10.2 Å². The number of nitriles is 1. The number of anilines is 1. The second-order valence-electron chi connectivity index (χ2n) is 7.51. The third-order valence-electron chi connectivity index (χ3n) is 5.19. The average molecular weight is 391 g/mol. The molecular formula is C23H25N3O3. The highest BCUT2D eigenvalue weighted by atomic mass is 16.5. The molecule has 150 valence electrons. The van der Waals surface area contributed by atoms with Gasteiger partial charge in [-0.3, -0.25) is 0 Å². The molecule has 2 aromatic heterocycles. The zero-order chi connectivity index (χ0) is 20.2. The van der Waals surface area contributed by atoms with Crippen molar-refractivity contribution in [2.24, 2.45) is 0 Å². The first kappa shape index (κ1) is 19.1. The summed E-state index contributed by atoms with van der Waals surface area (Å²) in [6, 6.07) is 11.9. The van der Waals surface area contributed by atoms with Crippen LogP contribution in [0.4, 0.5) is 5.88 Å². The second-order valence-corrected chi connectivity index (χ2v) is 7.51. The van der Waals surface area contributed by atoms with E-state index in [2.05, 4.69) is 22.0 Å². The number of aryl methyl sites for hydroxylation is 2. The van der Waals surface area contributed by atoms with Crippen molar-refractivity contribution in [1.29, 1.82) is 5.26 Å². The fraction of sp³-hybridized carbons (Fsp3) is 0.391. The Morgan fingerprint density at radius 1 is 1.07 bits per heavy atom. The molecular weight excluding hydrogens is 366 g/mol. The Morgan fingerprint density at radius 2 is 1.86 bits per heavy atom. The maximum absolute atomic E-state index is 9.49. The first-order valence-electron chi connectivity index (χ1n) is 10.1. The normalized spacial score (nSPS) is 14.4. The third kappa shape index (κ3) is 4.29. The number of aromatic nitrogens is 1. The maximum Gasteiger partial charge on any atom is 0.266 e. The molecule has 0 saturated carbocycles. The predicted octanol–water partition coefficient (Wildman–Crippen LogP) is 5.38. The van der Waals surface area contributed by atoms with Crippen LogP contribution in [0.3, 0.4) is 0 Å². The van der Waals surface area contributed by atoms with E-state index in [1.165, 1.54) is 12.8 Å². The zero-order valence-corrected chi connectivity index (χ0v) is 16.9. The van der Waals surface area contributed by atoms with Gasteiger partial charge in [-0.25, -0.2) is 0 Å². The lowest BCUT2D eigenvalue weighted by molar-refractivity contribution is 0.269. The molecule has 3 heterocycles. The fourth-order valence-corrected chi connectivity index (χ4v) is 3.56. The van der Waals surface area contributed by atoms with Gasteiger partial charge in [0.15, 0.2) is 5.76 Å². The zero-order valence-electron chi connectivity index (χ0n) is 16.9. The van der Waals surface area contributed by atoms with Gasteiger partial charge in [0, 0.05) is 13.1 Å². The van der Waals surface area contributed by atoms with Gasteiger partial charge in [0.05, 0.1) is 0 Å². The van der Waals surface area contributed by atoms with Crippen LogP contribution >= 0.6 is 0 Å². The Hall–Kier alpha value is -3.20. The van der Waals surface area contributed by atoms with Crippen molar-refractivity contribution in [3.8, 4) is 23.5 Å². The largest absolute Gasteiger partial charge is 0.485 e. The van der Waals surface area contributed by atoms with Gasteiger partial charge in [0.25, 0.3) is 5.89 Å². The molecule has 0 N–H and O–H groups in total. The average Bonchev–Trinajstić information content (AvgIpc) is 3.28. The summed E-state index contributed by atoms with van der Waals surface area (Å²) < 4.78 is 17.7. The van der Waals surface area contributed by atoms with E-state index in [9.17, 15) is 5.26 Å². The molecule has 0 aliphatic carbocycles. The lowest BCUT2D eigenvalue weighted by Crippen LogP contribution is -2.24. The molecule has 6 heteroatoms. The molecule has 4 rings (SSSR count). The third-order valence-corrected chi connectivity index (χ3v) is 5.19. The minimum atomic E-state index is 0.312. The number of nitrogens with zero attached hydrogens (tertiary/aromatic N) is 3. The number of hydrogen-bond donors (Lipinski definition) is 0. The molecule has 0 amide bonds. The van der Waals surface area contributed by atoms with Crippen LogP contribution < -0.4 is 9.64 Å². The quantitative estimate of drug-likeness (QED) is 0.581. The molecule has 1 saturated heterocycles. The Balaban J connectivity index is 1.50. The Labute approximate surface area is 170 Å². The SMILES string of the molecule is Cc1ccc(C)c(OCc2ccc(-c3nc(C#N)c(N4CCCCCC4)o3)o2)c1. The second kappa shape index (κ2) is 8.44. The van der Waals surface area contributed by atoms with Crippen molar-refractivity contribution in [2.45, 2.75) is 46.1 Å². The highest BCUT2D eigenvalue weighted by Crippen LogP contribution is 2.31. The summed E-state index contributed by atoms with van der Waals surface area (Å²) in [5.74, 6) is 2.90. The van der Waals surface area contributed by atoms with Crippen LogP contribution in [-0.2, 0) is 6.61 Å². The Morgan fingerprint density at radius 3 is 2.62 bits per heavy atom. The smallest absolute Gasteiger partial charge is 0.266 e. The van der Waals surface area contributed by atoms with Crippen LogP contribution in [0.1, 0.15) is 48.3 Å². The summed E-state index contributed by atoms with van der Waals surface area (Å²) >= 11 is 0. The number of oxazole rings is 1. The van der Waals surface area contributed by atoms with Crippen molar-refractivity contribution in [3.63, 3.8) is 0 Å². The van der Waals surface area contributed by atoms with Crippen molar-refractivity contribution in [2.75, 3.05) is 18.0 Å². The Bertz CT molecular complexity index is 1020. The number of hydrogen-bond acceptors (Lipinski definition) is 6. The van der Waals surface area contributed by atoms with Crippen molar-refractivity contribution >= 4 is 5.88 Å². The highest BCUT2D eigenvalue weighted by Gasteiger charge is 2.22. The van der Waals surface area contributed by atoms with Crippen molar-refractivity contribution in [3.05, 3.63) is 52.9 Å². The highest BCUT2D eigenvalue weighted by molar-refractivity contribution is 5.56. The van der Waals surface area contributed by atoms with Crippen LogP contribution in [0.25, 0.3) is 11.7 Å². The summed E-state index contributed by atoms with van der Waals surface area (Å²) in [6.07, 6.45) is 4.62. The van der Waals surface area contributed by atoms with Crippen LogP contribution in [0.2, 0.25) is 0 Å². The molecule has 0 atom stereocenters. The topological polar surface area (TPSA) is 75.4 Å². The molecule has 1 aromatic carbocycles. The van der Waals surface area contributed by atoms with E-state index in [1.54, 1.807) is 6.07 Å². The lowest BCUT2D eigenvalue weighted by Gasteiger charge is -2.18. The molecule has 0 bridgehead atoms. The molecule has 6 nitrogen and oxygen atoms in total. The van der Waals surface area contributed by atoms with E-state index in [0.717, 1.165) is 42.8 Å². The van der Waals surface area contributed by atoms with Gasteiger partial charge in [-0.05, 0) is 56.0 Å². The number of benzene rings is 1. The molecule has 3 aromatic rings. The van der Waals surface area contributed by atoms with Gasteiger partial charge in [0.1, 0.15) is 24.2 Å². The summed E-state index contributed by atoms with van der Waals surface area (Å²) in [6.45, 7) is 6.14. The fourth-order valence-electron chi connectivity index (χ4n) is 3.56. The van der Waals surface area contributed by atoms with E-state index in [0.29, 0.717) is 35.6 Å². The first-order chi connectivity index (χ1) is 14.1. The van der Waals surface area contributed by atoms with E-state index in [1.807, 2.05) is 32.0 Å². The van der Waals surface area contributed by atoms with Crippen LogP contribution in [0.15, 0.2) is 39.2 Å². The van der Waals surface area contributed by atoms with Crippen LogP contribution in [0, 0.1) is 25.2 Å². The molecule has 0 spiro atoms. The van der Waals surface area contributed by atoms with Gasteiger partial charge >= 0.3 is 0 Å². The van der Waals surface area contributed by atoms with Crippen molar-refractivity contribution in [1.82, 2.24) is 4.98 Å². The monoisotopic (exact) mass is 391 g/mol. The van der Waals surface area contributed by atoms with Crippen molar-refractivity contribution < 1.29 is 13.6 Å². The molecule has 1 fully saturated rings. The molecule has 1 aliphatic rings. The summed E-state index contributed by atoms with van der Waals surface area (Å²) in [7, 11) is 0. The summed E-state index contributed by atoms with van der Waals surface area (Å²) in [5.41, 5.74) is 2.54. The van der Waals surface area contributed by atoms with Crippen LogP contribution in [-0.4, -0.2) is 18.1 Å². The number of furan rings is 1. The molecule has 0 radical (unpaired) electrons. The lowest BCUT2D eigenvalue weighted by atomic mass is 10.1. The molecule has 0 unspecified atom stereocenters. The predicted molar refractivity (Wildman–Crippen MR) is 110 cm³/mol. The van der Waals surface area contributed by atoms with Gasteiger partial charge in [-0.15, -0.1) is 0 Å². The summed E-state index contributed by atoms with van der Waals surface area (Å²) in [4.78, 5) is 6.48. The van der Waals surface area contributed by atoms with E-state index >= 15 is 0 Å². The Kier molecular flexibility index (Phi) is 5.57. The van der Waals surface area contributed by atoms with E-state index in [4.69, 9.17) is 13.6 Å². The first-order valence-corrected chi connectivity index (χ1v) is 10.1. The maximum atomic E-state index is 9.49. The standard InChI is InChI=1S/C23H25N3O3/c1-16-7-8-17(2)21(13-16)27-15-18-9-10-20(28-18)22-25-19(14-24)23(29-22)26-11-5-3-4-6-12-26/h7-10,13H,3-6,11-12,15H2,1-2H3. The minimum absolute atomic E-state index is 0.312. The van der Waals surface area contributed by atoms with Crippen LogP contribution in [0.5, 0.6) is 5.75 Å². The van der Waals surface area contributed by atoms with Gasteiger partial charge in [-0.1, -0.05) is 25.0 Å². The van der Waals surface area contributed by atoms with Gasteiger partial charge in [0.2, 0.25) is 11.6 Å². The number of rotatable bonds is 5. The van der Waals surface area contributed by atoms with Gasteiger partial charge < -0.3 is 18.5 Å². The van der Waals surface area contributed by atoms with E-state index < -0.39 is 0 Å². The molecule has 1 aliphatic heterocycles. The summed E-state index contributed by atoms with van der Waals surface area (Å²) in [5, 5.41) is 9.49. The molecule has 29 heavy (non-hydrogen) atoms. The minimum Gasteiger partial charge on any atom is -0.485 e.